The van der Waals surface area contributed by atoms with E-state index in [0.717, 1.165) is 17.3 Å². The van der Waals surface area contributed by atoms with E-state index in [0.29, 0.717) is 35.9 Å². The van der Waals surface area contributed by atoms with Gasteiger partial charge < -0.3 is 19.8 Å². The van der Waals surface area contributed by atoms with Gasteiger partial charge in [-0.2, -0.15) is 13.2 Å². The lowest BCUT2D eigenvalue weighted by atomic mass is 10.1. The Bertz CT molecular complexity index is 1220. The highest BCUT2D eigenvalue weighted by atomic mass is 19.4. The molecule has 1 saturated carbocycles. The van der Waals surface area contributed by atoms with Crippen molar-refractivity contribution in [3.63, 3.8) is 0 Å². The van der Waals surface area contributed by atoms with E-state index < -0.39 is 11.9 Å². The lowest BCUT2D eigenvalue weighted by molar-refractivity contribution is -0.141. The quantitative estimate of drug-likeness (QED) is 0.655. The number of rotatable bonds is 3. The number of nitrogens with zero attached hydrogens (tertiary/aromatic N) is 2. The maximum absolute atomic E-state index is 12.9. The number of aromatic amines is 1. The zero-order chi connectivity index (χ0) is 21.3. The molecule has 3 aromatic rings. The van der Waals surface area contributed by atoms with Crippen LogP contribution in [0.25, 0.3) is 0 Å². The first-order valence-electron chi connectivity index (χ1n) is 9.77. The maximum atomic E-state index is 12.9. The van der Waals surface area contributed by atoms with E-state index in [4.69, 9.17) is 9.47 Å². The Morgan fingerprint density at radius 1 is 1.16 bits per heavy atom. The van der Waals surface area contributed by atoms with E-state index in [1.807, 2.05) is 6.07 Å². The van der Waals surface area contributed by atoms with Gasteiger partial charge in [0.25, 0.3) is 0 Å². The number of carbonyl (C=O) groups is 1. The lowest BCUT2D eigenvalue weighted by Gasteiger charge is -2.19. The van der Waals surface area contributed by atoms with E-state index in [-0.39, 0.29) is 29.7 Å². The number of anilines is 1. The van der Waals surface area contributed by atoms with Gasteiger partial charge in [-0.05, 0) is 30.7 Å². The van der Waals surface area contributed by atoms with E-state index in [9.17, 15) is 18.0 Å². The first-order valence-corrected chi connectivity index (χ1v) is 9.77. The van der Waals surface area contributed by atoms with Crippen LogP contribution in [0.4, 0.5) is 19.0 Å². The fourth-order valence-electron chi connectivity index (χ4n) is 4.36. The number of carbonyl (C=O) groups excluding carboxylic acids is 1. The molecule has 1 aromatic carbocycles. The van der Waals surface area contributed by atoms with Crippen molar-refractivity contribution in [1.29, 1.82) is 0 Å². The molecule has 7 nitrogen and oxygen atoms in total. The van der Waals surface area contributed by atoms with Crippen LogP contribution in [0.2, 0.25) is 0 Å². The zero-order valence-electron chi connectivity index (χ0n) is 15.9. The van der Waals surface area contributed by atoms with Crippen LogP contribution in [0.5, 0.6) is 17.2 Å². The predicted octanol–water partition coefficient (Wildman–Crippen LogP) is 4.14. The fraction of sp³-hybridized carbons (Fsp3) is 0.286. The molecule has 3 atom stereocenters. The van der Waals surface area contributed by atoms with Gasteiger partial charge in [0, 0.05) is 35.9 Å². The summed E-state index contributed by atoms with van der Waals surface area (Å²) in [4.78, 5) is 22.1. The average Bonchev–Trinajstić information content (AvgIpc) is 3.08. The van der Waals surface area contributed by atoms with Crippen molar-refractivity contribution >= 4 is 11.7 Å². The standard InChI is InChI=1S/C21H15F3N4O3/c22-21(23,24)14-8-26-20(27-14)17-16-11-7-9(1-3-12(11)31-18(16)17)30-13-5-6-25-19-10(13)2-4-15(29)28-19/h1,3,5-8,16-18H,2,4H2,(H,26,27)(H,25,28,29)/t16-,17?,18?/m0/s1. The Labute approximate surface area is 173 Å². The highest BCUT2D eigenvalue weighted by molar-refractivity contribution is 5.93. The summed E-state index contributed by atoms with van der Waals surface area (Å²) in [5, 5.41) is 2.74. The summed E-state index contributed by atoms with van der Waals surface area (Å²) in [7, 11) is 0. The second-order valence-electron chi connectivity index (χ2n) is 7.79. The molecule has 10 heteroatoms. The number of H-pyrrole nitrogens is 1. The van der Waals surface area contributed by atoms with Crippen LogP contribution < -0.4 is 14.8 Å². The fourth-order valence-corrected chi connectivity index (χ4v) is 4.36. The number of hydrogen-bond acceptors (Lipinski definition) is 5. The van der Waals surface area contributed by atoms with Crippen LogP contribution in [0.1, 0.15) is 40.9 Å². The van der Waals surface area contributed by atoms with Crippen molar-refractivity contribution < 1.29 is 27.4 Å². The number of nitrogens with one attached hydrogen (secondary N) is 2. The zero-order valence-corrected chi connectivity index (χ0v) is 15.9. The highest BCUT2D eigenvalue weighted by Gasteiger charge is 2.61. The molecule has 2 aromatic heterocycles. The number of pyridine rings is 1. The van der Waals surface area contributed by atoms with Crippen molar-refractivity contribution in [2.45, 2.75) is 37.0 Å². The van der Waals surface area contributed by atoms with Crippen molar-refractivity contribution in [2.75, 3.05) is 5.32 Å². The van der Waals surface area contributed by atoms with Gasteiger partial charge in [-0.15, -0.1) is 0 Å². The summed E-state index contributed by atoms with van der Waals surface area (Å²) in [6, 6.07) is 7.17. The third kappa shape index (κ3) is 2.93. The number of ether oxygens (including phenoxy) is 2. The van der Waals surface area contributed by atoms with Gasteiger partial charge in [-0.3, -0.25) is 4.79 Å². The number of benzene rings is 1. The molecular formula is C21H15F3N4O3. The summed E-state index contributed by atoms with van der Waals surface area (Å²) in [5.41, 5.74) is 0.782. The SMILES string of the molecule is O=C1CCc2c(Oc3ccc4c(c3)[C@@H]3C(O4)C3c3nc(C(F)(F)F)c[nH]3)ccnc2N1. The third-order valence-electron chi connectivity index (χ3n) is 5.86. The Hall–Kier alpha value is -3.56. The molecule has 1 aliphatic carbocycles. The van der Waals surface area contributed by atoms with Crippen LogP contribution in [-0.2, 0) is 17.4 Å². The van der Waals surface area contributed by atoms with Crippen molar-refractivity contribution in [3.05, 3.63) is 59.3 Å². The normalized spacial score (nSPS) is 23.3. The van der Waals surface area contributed by atoms with Crippen LogP contribution >= 0.6 is 0 Å². The van der Waals surface area contributed by atoms with Crippen molar-refractivity contribution in [2.24, 2.45) is 0 Å². The molecule has 2 N–H and O–H groups in total. The maximum Gasteiger partial charge on any atom is 0.434 e. The van der Waals surface area contributed by atoms with Gasteiger partial charge in [0.1, 0.15) is 35.0 Å². The van der Waals surface area contributed by atoms with Gasteiger partial charge in [0.15, 0.2) is 5.69 Å². The molecule has 4 heterocycles. The van der Waals surface area contributed by atoms with Gasteiger partial charge in [-0.1, -0.05) is 0 Å². The number of fused-ring (bicyclic) bond motifs is 4. The second-order valence-corrected chi connectivity index (χ2v) is 7.79. The number of hydrogen-bond donors (Lipinski definition) is 2. The van der Waals surface area contributed by atoms with Gasteiger partial charge in [0.2, 0.25) is 5.91 Å². The molecule has 1 fully saturated rings. The van der Waals surface area contributed by atoms with Crippen LogP contribution in [0.3, 0.4) is 0 Å². The highest BCUT2D eigenvalue weighted by Crippen LogP contribution is 2.63. The molecule has 6 rings (SSSR count). The largest absolute Gasteiger partial charge is 0.489 e. The Morgan fingerprint density at radius 3 is 2.84 bits per heavy atom. The first kappa shape index (κ1) is 18.2. The molecule has 2 aliphatic heterocycles. The van der Waals surface area contributed by atoms with E-state index in [2.05, 4.69) is 20.3 Å². The number of imidazole rings is 1. The topological polar surface area (TPSA) is 89.1 Å². The number of alkyl halides is 3. The molecular weight excluding hydrogens is 413 g/mol. The van der Waals surface area contributed by atoms with Gasteiger partial charge in [0.05, 0.1) is 5.92 Å². The minimum atomic E-state index is -4.48. The van der Waals surface area contributed by atoms with Crippen LogP contribution in [0.15, 0.2) is 36.7 Å². The summed E-state index contributed by atoms with van der Waals surface area (Å²) in [5.74, 6) is 2.26. The summed E-state index contributed by atoms with van der Waals surface area (Å²) < 4.78 is 50.5. The third-order valence-corrected chi connectivity index (χ3v) is 5.86. The summed E-state index contributed by atoms with van der Waals surface area (Å²) >= 11 is 0. The Kier molecular flexibility index (Phi) is 3.66. The van der Waals surface area contributed by atoms with E-state index in [1.165, 1.54) is 0 Å². The minimum Gasteiger partial charge on any atom is -0.489 e. The number of aromatic nitrogens is 3. The van der Waals surface area contributed by atoms with Crippen LogP contribution in [-0.4, -0.2) is 27.0 Å². The molecule has 2 unspecified atom stereocenters. The Balaban J connectivity index is 1.25. The first-order chi connectivity index (χ1) is 14.9. The molecule has 0 radical (unpaired) electrons. The average molecular weight is 428 g/mol. The van der Waals surface area contributed by atoms with Gasteiger partial charge in [-0.25, -0.2) is 9.97 Å². The molecule has 158 valence electrons. The molecule has 3 aliphatic rings. The lowest BCUT2D eigenvalue weighted by Crippen LogP contribution is -2.20. The second kappa shape index (κ2) is 6.22. The van der Waals surface area contributed by atoms with Crippen molar-refractivity contribution in [1.82, 2.24) is 15.0 Å². The van der Waals surface area contributed by atoms with E-state index >= 15 is 0 Å². The van der Waals surface area contributed by atoms with Crippen molar-refractivity contribution in [3.8, 4) is 17.2 Å². The summed E-state index contributed by atoms with van der Waals surface area (Å²) in [6.45, 7) is 0. The molecule has 31 heavy (non-hydrogen) atoms. The number of halogens is 3. The molecule has 0 bridgehead atoms. The minimum absolute atomic E-state index is 0.0728. The van der Waals surface area contributed by atoms with E-state index in [1.54, 1.807) is 24.4 Å². The summed E-state index contributed by atoms with van der Waals surface area (Å²) in [6.07, 6.45) is -1.37. The molecule has 0 saturated heterocycles. The molecule has 0 spiro atoms. The smallest absolute Gasteiger partial charge is 0.434 e. The van der Waals surface area contributed by atoms with Crippen LogP contribution in [0, 0.1) is 0 Å². The number of amides is 1. The Morgan fingerprint density at radius 2 is 2.03 bits per heavy atom. The molecule has 1 amide bonds. The monoisotopic (exact) mass is 428 g/mol. The van der Waals surface area contributed by atoms with Gasteiger partial charge >= 0.3 is 6.18 Å². The predicted molar refractivity (Wildman–Crippen MR) is 101 cm³/mol.